The van der Waals surface area contributed by atoms with Crippen molar-refractivity contribution in [2.75, 3.05) is 13.1 Å². The second kappa shape index (κ2) is 5.71. The van der Waals surface area contributed by atoms with Crippen molar-refractivity contribution < 1.29 is 13.2 Å². The summed E-state index contributed by atoms with van der Waals surface area (Å²) in [7, 11) is 1.51. The molecule has 0 heterocycles. The van der Waals surface area contributed by atoms with Crippen LogP contribution in [0, 0.1) is 6.92 Å². The monoisotopic (exact) mass is 289 g/mol. The Morgan fingerprint density at radius 1 is 1.28 bits per heavy atom. The first kappa shape index (κ1) is 15.0. The van der Waals surface area contributed by atoms with E-state index in [2.05, 4.69) is 0 Å². The van der Waals surface area contributed by atoms with Crippen molar-refractivity contribution in [3.63, 3.8) is 0 Å². The van der Waals surface area contributed by atoms with Crippen molar-refractivity contribution >= 4 is 25.6 Å². The number of rotatable bonds is 4. The van der Waals surface area contributed by atoms with Gasteiger partial charge in [0, 0.05) is 29.3 Å². The molecule has 6 heteroatoms. The Morgan fingerprint density at radius 2 is 1.83 bits per heavy atom. The van der Waals surface area contributed by atoms with Gasteiger partial charge >= 0.3 is 0 Å². The molecule has 1 rings (SSSR count). The zero-order valence-corrected chi connectivity index (χ0v) is 12.2. The summed E-state index contributed by atoms with van der Waals surface area (Å²) < 4.78 is 22.8. The van der Waals surface area contributed by atoms with Crippen molar-refractivity contribution in [3.8, 4) is 0 Å². The summed E-state index contributed by atoms with van der Waals surface area (Å²) in [5.41, 5.74) is 0.865. The molecule has 0 atom stereocenters. The average molecular weight is 290 g/mol. The minimum atomic E-state index is -3.83. The summed E-state index contributed by atoms with van der Waals surface area (Å²) in [5.74, 6) is -0.193. The van der Waals surface area contributed by atoms with Gasteiger partial charge < -0.3 is 4.90 Å². The number of benzene rings is 1. The molecule has 1 aromatic rings. The number of carbonyl (C=O) groups is 1. The van der Waals surface area contributed by atoms with Gasteiger partial charge in [-0.1, -0.05) is 6.07 Å². The molecule has 18 heavy (non-hydrogen) atoms. The Hall–Kier alpha value is -1.07. The van der Waals surface area contributed by atoms with Crippen molar-refractivity contribution in [2.45, 2.75) is 25.7 Å². The summed E-state index contributed by atoms with van der Waals surface area (Å²) in [6.07, 6.45) is 0. The number of hydrogen-bond acceptors (Lipinski definition) is 3. The van der Waals surface area contributed by atoms with Gasteiger partial charge in [-0.05, 0) is 38.5 Å². The Labute approximate surface area is 112 Å². The van der Waals surface area contributed by atoms with Gasteiger partial charge in [0.1, 0.15) is 0 Å². The van der Waals surface area contributed by atoms with Gasteiger partial charge in [-0.2, -0.15) is 0 Å². The van der Waals surface area contributed by atoms with Gasteiger partial charge in [0.15, 0.2) is 0 Å². The fourth-order valence-corrected chi connectivity index (χ4v) is 2.91. The summed E-state index contributed by atoms with van der Waals surface area (Å²) in [4.78, 5) is 13.7. The molecule has 0 saturated heterocycles. The molecule has 0 aliphatic rings. The number of hydrogen-bond donors (Lipinski definition) is 0. The first-order chi connectivity index (χ1) is 8.31. The van der Waals surface area contributed by atoms with Crippen molar-refractivity contribution in [3.05, 3.63) is 29.3 Å². The predicted octanol–water partition coefficient (Wildman–Crippen LogP) is 2.40. The molecule has 0 radical (unpaired) electrons. The zero-order chi connectivity index (χ0) is 13.9. The lowest BCUT2D eigenvalue weighted by Gasteiger charge is -2.19. The van der Waals surface area contributed by atoms with Gasteiger partial charge in [0.05, 0.1) is 4.90 Å². The minimum Gasteiger partial charge on any atom is -0.339 e. The fraction of sp³-hybridized carbons (Fsp3) is 0.417. The van der Waals surface area contributed by atoms with E-state index in [-0.39, 0.29) is 10.8 Å². The Balaban J connectivity index is 3.25. The van der Waals surface area contributed by atoms with Gasteiger partial charge in [-0.25, -0.2) is 8.42 Å². The van der Waals surface area contributed by atoms with E-state index in [4.69, 9.17) is 10.7 Å². The highest BCUT2D eigenvalue weighted by molar-refractivity contribution is 8.13. The zero-order valence-electron chi connectivity index (χ0n) is 10.6. The Morgan fingerprint density at radius 3 is 2.28 bits per heavy atom. The minimum absolute atomic E-state index is 0.0119. The summed E-state index contributed by atoms with van der Waals surface area (Å²) in [5, 5.41) is 0. The van der Waals surface area contributed by atoms with E-state index in [0.717, 1.165) is 0 Å². The van der Waals surface area contributed by atoms with Crippen molar-refractivity contribution in [2.24, 2.45) is 0 Å². The van der Waals surface area contributed by atoms with E-state index in [1.54, 1.807) is 24.0 Å². The van der Waals surface area contributed by atoms with E-state index < -0.39 is 9.05 Å². The fourth-order valence-electron chi connectivity index (χ4n) is 1.69. The molecular formula is C12H16ClNO3S. The highest BCUT2D eigenvalue weighted by Crippen LogP contribution is 2.21. The van der Waals surface area contributed by atoms with Gasteiger partial charge in [0.2, 0.25) is 0 Å². The molecule has 1 amide bonds. The standard InChI is InChI=1S/C12H16ClNO3S/c1-4-14(5-2)12(15)10-7-6-9(3)11(8-10)18(13,16)17/h6-8H,4-5H2,1-3H3. The van der Waals surface area contributed by atoms with Crippen LogP contribution in [0.5, 0.6) is 0 Å². The van der Waals surface area contributed by atoms with E-state index >= 15 is 0 Å². The van der Waals surface area contributed by atoms with Gasteiger partial charge in [0.25, 0.3) is 15.0 Å². The molecule has 0 unspecified atom stereocenters. The van der Waals surface area contributed by atoms with Crippen LogP contribution in [0.2, 0.25) is 0 Å². The van der Waals surface area contributed by atoms with Crippen LogP contribution in [0.3, 0.4) is 0 Å². The lowest BCUT2D eigenvalue weighted by molar-refractivity contribution is 0.0772. The normalized spacial score (nSPS) is 11.3. The van der Waals surface area contributed by atoms with Crippen LogP contribution >= 0.6 is 10.7 Å². The van der Waals surface area contributed by atoms with E-state index in [1.165, 1.54) is 6.07 Å². The molecule has 0 bridgehead atoms. The maximum Gasteiger partial charge on any atom is 0.261 e. The quantitative estimate of drug-likeness (QED) is 0.800. The second-order valence-electron chi connectivity index (χ2n) is 3.90. The maximum absolute atomic E-state index is 12.1. The molecule has 100 valence electrons. The van der Waals surface area contributed by atoms with Crippen molar-refractivity contribution in [1.29, 1.82) is 0 Å². The third-order valence-electron chi connectivity index (χ3n) is 2.75. The first-order valence-corrected chi connectivity index (χ1v) is 7.96. The number of amides is 1. The van der Waals surface area contributed by atoms with Crippen LogP contribution in [0.1, 0.15) is 29.8 Å². The van der Waals surface area contributed by atoms with Crippen LogP contribution < -0.4 is 0 Å². The van der Waals surface area contributed by atoms with E-state index in [1.807, 2.05) is 13.8 Å². The lowest BCUT2D eigenvalue weighted by Crippen LogP contribution is -2.30. The van der Waals surface area contributed by atoms with Crippen molar-refractivity contribution in [1.82, 2.24) is 4.90 Å². The van der Waals surface area contributed by atoms with Gasteiger partial charge in [-0.15, -0.1) is 0 Å². The maximum atomic E-state index is 12.1. The summed E-state index contributed by atoms with van der Waals surface area (Å²) >= 11 is 0. The summed E-state index contributed by atoms with van der Waals surface area (Å²) in [6, 6.07) is 4.53. The molecule has 0 aromatic heterocycles. The van der Waals surface area contributed by atoms with Crippen LogP contribution in [0.4, 0.5) is 0 Å². The number of nitrogens with zero attached hydrogens (tertiary/aromatic N) is 1. The smallest absolute Gasteiger partial charge is 0.261 e. The number of halogens is 1. The molecule has 4 nitrogen and oxygen atoms in total. The Bertz CT molecular complexity index is 550. The van der Waals surface area contributed by atoms with Crippen LogP contribution in [0.25, 0.3) is 0 Å². The molecule has 0 saturated carbocycles. The molecule has 0 fully saturated rings. The van der Waals surface area contributed by atoms with Crippen LogP contribution in [-0.4, -0.2) is 32.3 Å². The Kier molecular flexibility index (Phi) is 4.76. The second-order valence-corrected chi connectivity index (χ2v) is 6.43. The third kappa shape index (κ3) is 3.23. The molecule has 0 aliphatic heterocycles. The number of carbonyl (C=O) groups excluding carboxylic acids is 1. The number of aryl methyl sites for hydroxylation is 1. The molecule has 0 spiro atoms. The van der Waals surface area contributed by atoms with Gasteiger partial charge in [-0.3, -0.25) is 4.79 Å². The molecule has 0 N–H and O–H groups in total. The van der Waals surface area contributed by atoms with E-state index in [9.17, 15) is 13.2 Å². The predicted molar refractivity (Wildman–Crippen MR) is 71.5 cm³/mol. The highest BCUT2D eigenvalue weighted by Gasteiger charge is 2.18. The topological polar surface area (TPSA) is 54.5 Å². The average Bonchev–Trinajstić information content (AvgIpc) is 2.29. The first-order valence-electron chi connectivity index (χ1n) is 5.65. The molecule has 0 aliphatic carbocycles. The van der Waals surface area contributed by atoms with Crippen LogP contribution in [0.15, 0.2) is 23.1 Å². The largest absolute Gasteiger partial charge is 0.339 e. The SMILES string of the molecule is CCN(CC)C(=O)c1ccc(C)c(S(=O)(=O)Cl)c1. The third-order valence-corrected chi connectivity index (χ3v) is 4.21. The lowest BCUT2D eigenvalue weighted by atomic mass is 10.1. The highest BCUT2D eigenvalue weighted by atomic mass is 35.7. The van der Waals surface area contributed by atoms with Crippen LogP contribution in [-0.2, 0) is 9.05 Å². The molecular weight excluding hydrogens is 274 g/mol. The van der Waals surface area contributed by atoms with E-state index in [0.29, 0.717) is 24.2 Å². The summed E-state index contributed by atoms with van der Waals surface area (Å²) in [6.45, 7) is 6.53. The molecule has 1 aromatic carbocycles.